The Morgan fingerprint density at radius 1 is 1.33 bits per heavy atom. The second-order valence-corrected chi connectivity index (χ2v) is 5.10. The van der Waals surface area contributed by atoms with E-state index in [0.717, 1.165) is 19.3 Å². The topological polar surface area (TPSA) is 106 Å². The van der Waals surface area contributed by atoms with E-state index in [1.54, 1.807) is 12.1 Å². The number of aliphatic carboxylic acids is 1. The molecule has 0 aliphatic heterocycles. The highest BCUT2D eigenvalue weighted by Crippen LogP contribution is 2.17. The van der Waals surface area contributed by atoms with E-state index in [9.17, 15) is 9.59 Å². The van der Waals surface area contributed by atoms with E-state index in [2.05, 4.69) is 12.2 Å². The third-order valence-corrected chi connectivity index (χ3v) is 3.39. The number of carboxylic acids is 1. The van der Waals surface area contributed by atoms with Crippen LogP contribution in [0.15, 0.2) is 16.5 Å². The average Bonchev–Trinajstić information content (AvgIpc) is 2.93. The fourth-order valence-electron chi connectivity index (χ4n) is 2.26. The standard InChI is InChI=1S/C15H24N2O4/c1-2-3-11(4-7-14(18)19)8-9-17-15(20)13-6-5-12(10-16)21-13/h5-6,11H,2-4,7-10,16H2,1H3,(H,17,20)(H,18,19). The maximum Gasteiger partial charge on any atom is 0.303 e. The second kappa shape index (κ2) is 9.18. The molecule has 4 N–H and O–H groups in total. The zero-order valence-corrected chi connectivity index (χ0v) is 12.4. The highest BCUT2D eigenvalue weighted by Gasteiger charge is 2.13. The van der Waals surface area contributed by atoms with Crippen LogP contribution in [0.4, 0.5) is 0 Å². The number of nitrogens with two attached hydrogens (primary N) is 1. The van der Waals surface area contributed by atoms with Crippen LogP contribution in [0.3, 0.4) is 0 Å². The van der Waals surface area contributed by atoms with Gasteiger partial charge in [-0.25, -0.2) is 0 Å². The van der Waals surface area contributed by atoms with Gasteiger partial charge in [0.05, 0.1) is 6.54 Å². The van der Waals surface area contributed by atoms with Crippen molar-refractivity contribution in [1.29, 1.82) is 0 Å². The summed E-state index contributed by atoms with van der Waals surface area (Å²) in [6.07, 6.45) is 3.59. The third kappa shape index (κ3) is 6.44. The predicted octanol–water partition coefficient (Wildman–Crippen LogP) is 2.14. The first-order chi connectivity index (χ1) is 10.1. The molecule has 1 heterocycles. The summed E-state index contributed by atoms with van der Waals surface area (Å²) in [7, 11) is 0. The van der Waals surface area contributed by atoms with Gasteiger partial charge in [0.25, 0.3) is 5.91 Å². The molecule has 118 valence electrons. The Bertz CT molecular complexity index is 456. The highest BCUT2D eigenvalue weighted by atomic mass is 16.4. The second-order valence-electron chi connectivity index (χ2n) is 5.10. The van der Waals surface area contributed by atoms with Gasteiger partial charge in [-0.2, -0.15) is 0 Å². The Kier molecular flexibility index (Phi) is 7.53. The van der Waals surface area contributed by atoms with Crippen molar-refractivity contribution in [2.75, 3.05) is 6.54 Å². The number of carbonyl (C=O) groups excluding carboxylic acids is 1. The third-order valence-electron chi connectivity index (χ3n) is 3.39. The number of hydrogen-bond donors (Lipinski definition) is 3. The van der Waals surface area contributed by atoms with E-state index in [4.69, 9.17) is 15.3 Å². The molecular formula is C15H24N2O4. The molecule has 1 aromatic rings. The average molecular weight is 296 g/mol. The van der Waals surface area contributed by atoms with Crippen molar-refractivity contribution < 1.29 is 19.1 Å². The summed E-state index contributed by atoms with van der Waals surface area (Å²) in [5.41, 5.74) is 5.42. The molecule has 0 fully saturated rings. The smallest absolute Gasteiger partial charge is 0.303 e. The van der Waals surface area contributed by atoms with Crippen LogP contribution in [0, 0.1) is 5.92 Å². The molecule has 1 rings (SSSR count). The van der Waals surface area contributed by atoms with Crippen LogP contribution < -0.4 is 11.1 Å². The summed E-state index contributed by atoms with van der Waals surface area (Å²) in [5, 5.41) is 11.5. The first-order valence-corrected chi connectivity index (χ1v) is 7.35. The van der Waals surface area contributed by atoms with E-state index < -0.39 is 5.97 Å². The quantitative estimate of drug-likeness (QED) is 0.613. The lowest BCUT2D eigenvalue weighted by molar-refractivity contribution is -0.137. The number of amides is 1. The van der Waals surface area contributed by atoms with Gasteiger partial charge in [0, 0.05) is 13.0 Å². The minimum absolute atomic E-state index is 0.177. The highest BCUT2D eigenvalue weighted by molar-refractivity contribution is 5.91. The maximum absolute atomic E-state index is 11.8. The van der Waals surface area contributed by atoms with Crippen molar-refractivity contribution in [3.05, 3.63) is 23.7 Å². The summed E-state index contributed by atoms with van der Waals surface area (Å²) in [5.74, 6) is 0.120. The van der Waals surface area contributed by atoms with Crippen molar-refractivity contribution >= 4 is 11.9 Å². The first kappa shape index (κ1) is 17.2. The zero-order valence-electron chi connectivity index (χ0n) is 12.4. The maximum atomic E-state index is 11.8. The Hall–Kier alpha value is -1.82. The van der Waals surface area contributed by atoms with Gasteiger partial charge in [-0.15, -0.1) is 0 Å². The summed E-state index contributed by atoms with van der Waals surface area (Å²) in [6, 6.07) is 3.28. The fourth-order valence-corrected chi connectivity index (χ4v) is 2.26. The number of nitrogens with one attached hydrogen (secondary N) is 1. The lowest BCUT2D eigenvalue weighted by Gasteiger charge is -2.15. The van der Waals surface area contributed by atoms with Crippen molar-refractivity contribution in [3.63, 3.8) is 0 Å². The van der Waals surface area contributed by atoms with E-state index in [0.29, 0.717) is 24.6 Å². The van der Waals surface area contributed by atoms with Gasteiger partial charge < -0.3 is 20.6 Å². The molecule has 0 aliphatic carbocycles. The first-order valence-electron chi connectivity index (χ1n) is 7.35. The summed E-state index contributed by atoms with van der Waals surface area (Å²) in [4.78, 5) is 22.5. The van der Waals surface area contributed by atoms with Gasteiger partial charge in [-0.05, 0) is 30.9 Å². The normalized spacial score (nSPS) is 12.1. The Balaban J connectivity index is 2.34. The molecule has 1 aromatic heterocycles. The molecule has 0 radical (unpaired) electrons. The van der Waals surface area contributed by atoms with Crippen molar-refractivity contribution in [2.45, 2.75) is 45.6 Å². The van der Waals surface area contributed by atoms with Crippen LogP contribution in [0.2, 0.25) is 0 Å². The molecule has 1 unspecified atom stereocenters. The van der Waals surface area contributed by atoms with E-state index in [1.807, 2.05) is 0 Å². The Labute approximate surface area is 124 Å². The van der Waals surface area contributed by atoms with Crippen LogP contribution >= 0.6 is 0 Å². The molecular weight excluding hydrogens is 272 g/mol. The lowest BCUT2D eigenvalue weighted by atomic mass is 9.94. The van der Waals surface area contributed by atoms with Crippen molar-refractivity contribution in [2.24, 2.45) is 11.7 Å². The molecule has 0 aliphatic rings. The molecule has 21 heavy (non-hydrogen) atoms. The Morgan fingerprint density at radius 2 is 2.10 bits per heavy atom. The lowest BCUT2D eigenvalue weighted by Crippen LogP contribution is -2.25. The molecule has 1 amide bonds. The molecule has 0 spiro atoms. The minimum atomic E-state index is -0.773. The minimum Gasteiger partial charge on any atom is -0.481 e. The predicted molar refractivity (Wildman–Crippen MR) is 78.8 cm³/mol. The molecule has 0 saturated carbocycles. The molecule has 0 saturated heterocycles. The van der Waals surface area contributed by atoms with E-state index >= 15 is 0 Å². The van der Waals surface area contributed by atoms with Gasteiger partial charge in [-0.3, -0.25) is 9.59 Å². The van der Waals surface area contributed by atoms with E-state index in [1.165, 1.54) is 0 Å². The van der Waals surface area contributed by atoms with Gasteiger partial charge in [0.15, 0.2) is 5.76 Å². The number of furan rings is 1. The molecule has 6 nitrogen and oxygen atoms in total. The fraction of sp³-hybridized carbons (Fsp3) is 0.600. The van der Waals surface area contributed by atoms with Crippen LogP contribution in [-0.2, 0) is 11.3 Å². The van der Waals surface area contributed by atoms with Gasteiger partial charge in [0.1, 0.15) is 5.76 Å². The zero-order chi connectivity index (χ0) is 15.7. The number of carbonyl (C=O) groups is 2. The summed E-state index contributed by atoms with van der Waals surface area (Å²) >= 11 is 0. The Morgan fingerprint density at radius 3 is 2.67 bits per heavy atom. The van der Waals surface area contributed by atoms with Crippen LogP contribution in [0.5, 0.6) is 0 Å². The van der Waals surface area contributed by atoms with Gasteiger partial charge >= 0.3 is 5.97 Å². The molecule has 6 heteroatoms. The SMILES string of the molecule is CCCC(CCNC(=O)c1ccc(CN)o1)CCC(=O)O. The van der Waals surface area contributed by atoms with Crippen molar-refractivity contribution in [3.8, 4) is 0 Å². The monoisotopic (exact) mass is 296 g/mol. The van der Waals surface area contributed by atoms with Crippen molar-refractivity contribution in [1.82, 2.24) is 5.32 Å². The van der Waals surface area contributed by atoms with E-state index in [-0.39, 0.29) is 24.6 Å². The molecule has 1 atom stereocenters. The van der Waals surface area contributed by atoms with Gasteiger partial charge in [0.2, 0.25) is 0 Å². The number of hydrogen-bond acceptors (Lipinski definition) is 4. The summed E-state index contributed by atoms with van der Waals surface area (Å²) < 4.78 is 5.26. The number of rotatable bonds is 10. The summed E-state index contributed by atoms with van der Waals surface area (Å²) in [6.45, 7) is 2.85. The van der Waals surface area contributed by atoms with Crippen LogP contribution in [0.25, 0.3) is 0 Å². The van der Waals surface area contributed by atoms with Crippen LogP contribution in [0.1, 0.15) is 55.3 Å². The number of carboxylic acid groups (broad SMARTS) is 1. The van der Waals surface area contributed by atoms with Gasteiger partial charge in [-0.1, -0.05) is 19.8 Å². The molecule has 0 aromatic carbocycles. The molecule has 0 bridgehead atoms. The van der Waals surface area contributed by atoms with Crippen LogP contribution in [-0.4, -0.2) is 23.5 Å². The largest absolute Gasteiger partial charge is 0.481 e.